The van der Waals surface area contributed by atoms with E-state index in [1.165, 1.54) is 4.88 Å². The second-order valence-corrected chi connectivity index (χ2v) is 4.10. The average Bonchev–Trinajstić information content (AvgIpc) is 2.55. The lowest BCUT2D eigenvalue weighted by Crippen LogP contribution is -2.26. The summed E-state index contributed by atoms with van der Waals surface area (Å²) in [5.74, 6) is 0.388. The van der Waals surface area contributed by atoms with Crippen molar-refractivity contribution in [2.75, 3.05) is 5.88 Å². The first-order valence-corrected chi connectivity index (χ1v) is 5.54. The zero-order valence-corrected chi connectivity index (χ0v) is 8.99. The van der Waals surface area contributed by atoms with Crippen LogP contribution in [0.5, 0.6) is 0 Å². The highest BCUT2D eigenvalue weighted by molar-refractivity contribution is 7.10. The lowest BCUT2D eigenvalue weighted by molar-refractivity contribution is -0.121. The van der Waals surface area contributed by atoms with Crippen LogP contribution < -0.4 is 5.32 Å². The molecule has 1 rings (SSSR count). The third-order valence-corrected chi connectivity index (χ3v) is 2.91. The van der Waals surface area contributed by atoms with Crippen LogP contribution in [0, 0.1) is 0 Å². The molecule has 0 radical (unpaired) electrons. The number of alkyl halides is 1. The highest BCUT2D eigenvalue weighted by atomic mass is 35.5. The maximum Gasteiger partial charge on any atom is 0.221 e. The van der Waals surface area contributed by atoms with E-state index in [0.29, 0.717) is 12.3 Å². The van der Waals surface area contributed by atoms with Gasteiger partial charge < -0.3 is 5.32 Å². The SMILES string of the molecule is C[C@H](NC(=O)CCCl)c1cccs1. The Hall–Kier alpha value is -0.540. The molecule has 0 aromatic carbocycles. The molecule has 1 atom stereocenters. The first kappa shape index (κ1) is 10.5. The largest absolute Gasteiger partial charge is 0.349 e. The van der Waals surface area contributed by atoms with Gasteiger partial charge in [-0.05, 0) is 18.4 Å². The number of carbonyl (C=O) groups is 1. The molecule has 2 nitrogen and oxygen atoms in total. The van der Waals surface area contributed by atoms with Crippen LogP contribution in [-0.4, -0.2) is 11.8 Å². The standard InChI is InChI=1S/C9H12ClNOS/c1-7(8-3-2-6-13-8)11-9(12)4-5-10/h2-3,6-7H,4-5H2,1H3,(H,11,12)/t7-/m0/s1. The second-order valence-electron chi connectivity index (χ2n) is 2.74. The van der Waals surface area contributed by atoms with Crippen LogP contribution in [0.15, 0.2) is 17.5 Å². The van der Waals surface area contributed by atoms with E-state index in [0.717, 1.165) is 0 Å². The molecule has 1 aromatic rings. The predicted molar refractivity (Wildman–Crippen MR) is 56.2 cm³/mol. The Kier molecular flexibility index (Phi) is 4.25. The van der Waals surface area contributed by atoms with Crippen molar-refractivity contribution in [2.45, 2.75) is 19.4 Å². The minimum absolute atomic E-state index is 0.0101. The topological polar surface area (TPSA) is 29.1 Å². The summed E-state index contributed by atoms with van der Waals surface area (Å²) < 4.78 is 0. The first-order chi connectivity index (χ1) is 6.24. The van der Waals surface area contributed by atoms with E-state index in [9.17, 15) is 4.79 Å². The van der Waals surface area contributed by atoms with Crippen molar-refractivity contribution in [1.29, 1.82) is 0 Å². The summed E-state index contributed by atoms with van der Waals surface area (Å²) in [5.41, 5.74) is 0. The van der Waals surface area contributed by atoms with Gasteiger partial charge in [0.05, 0.1) is 6.04 Å². The Balaban J connectivity index is 2.42. The molecule has 0 saturated carbocycles. The van der Waals surface area contributed by atoms with E-state index >= 15 is 0 Å². The molecule has 1 N–H and O–H groups in total. The summed E-state index contributed by atoms with van der Waals surface area (Å²) in [6.45, 7) is 1.97. The number of rotatable bonds is 4. The summed E-state index contributed by atoms with van der Waals surface area (Å²) in [6.07, 6.45) is 0.386. The number of carbonyl (C=O) groups excluding carboxylic acids is 1. The highest BCUT2D eigenvalue weighted by Gasteiger charge is 2.08. The normalized spacial score (nSPS) is 12.5. The summed E-state index contributed by atoms with van der Waals surface area (Å²) in [7, 11) is 0. The maximum atomic E-state index is 11.2. The molecule has 0 saturated heterocycles. The maximum absolute atomic E-state index is 11.2. The predicted octanol–water partition coefficient (Wildman–Crippen LogP) is 2.55. The number of thiophene rings is 1. The van der Waals surface area contributed by atoms with Crippen molar-refractivity contribution in [3.05, 3.63) is 22.4 Å². The Bertz CT molecular complexity index is 261. The van der Waals surface area contributed by atoms with E-state index in [1.807, 2.05) is 24.4 Å². The molecule has 1 aromatic heterocycles. The van der Waals surface area contributed by atoms with E-state index in [2.05, 4.69) is 5.32 Å². The Morgan fingerprint density at radius 3 is 3.08 bits per heavy atom. The van der Waals surface area contributed by atoms with Gasteiger partial charge in [-0.3, -0.25) is 4.79 Å². The van der Waals surface area contributed by atoms with Gasteiger partial charge in [0.2, 0.25) is 5.91 Å². The van der Waals surface area contributed by atoms with Crippen molar-refractivity contribution < 1.29 is 4.79 Å². The van der Waals surface area contributed by atoms with Crippen molar-refractivity contribution >= 4 is 28.8 Å². The molecular weight excluding hydrogens is 206 g/mol. The van der Waals surface area contributed by atoms with Crippen LogP contribution in [0.1, 0.15) is 24.3 Å². The molecule has 4 heteroatoms. The molecule has 1 heterocycles. The van der Waals surface area contributed by atoms with E-state index in [-0.39, 0.29) is 11.9 Å². The summed E-state index contributed by atoms with van der Waals surface area (Å²) in [6, 6.07) is 4.08. The summed E-state index contributed by atoms with van der Waals surface area (Å²) >= 11 is 7.09. The number of amides is 1. The molecule has 0 aliphatic carbocycles. The van der Waals surface area contributed by atoms with Gasteiger partial charge in [0.25, 0.3) is 0 Å². The van der Waals surface area contributed by atoms with Crippen LogP contribution in [0.4, 0.5) is 0 Å². The van der Waals surface area contributed by atoms with E-state index in [4.69, 9.17) is 11.6 Å². The monoisotopic (exact) mass is 217 g/mol. The average molecular weight is 218 g/mol. The van der Waals surface area contributed by atoms with Crippen LogP contribution in [0.25, 0.3) is 0 Å². The molecule has 0 spiro atoms. The number of hydrogen-bond acceptors (Lipinski definition) is 2. The van der Waals surface area contributed by atoms with Crippen LogP contribution in [0.3, 0.4) is 0 Å². The van der Waals surface area contributed by atoms with Gasteiger partial charge >= 0.3 is 0 Å². The Labute approximate surface area is 86.9 Å². The molecule has 1 amide bonds. The first-order valence-electron chi connectivity index (χ1n) is 4.12. The fourth-order valence-electron chi connectivity index (χ4n) is 1.01. The zero-order chi connectivity index (χ0) is 9.68. The fourth-order valence-corrected chi connectivity index (χ4v) is 1.91. The lowest BCUT2D eigenvalue weighted by Gasteiger charge is -2.10. The molecule has 0 aliphatic heterocycles. The third kappa shape index (κ3) is 3.36. The summed E-state index contributed by atoms with van der Waals surface area (Å²) in [4.78, 5) is 12.3. The third-order valence-electron chi connectivity index (χ3n) is 1.67. The van der Waals surface area contributed by atoms with Gasteiger partial charge in [0.15, 0.2) is 0 Å². The smallest absolute Gasteiger partial charge is 0.221 e. The summed E-state index contributed by atoms with van der Waals surface area (Å²) in [5, 5.41) is 4.87. The van der Waals surface area contributed by atoms with Gasteiger partial charge in [-0.1, -0.05) is 6.07 Å². The van der Waals surface area contributed by atoms with Crippen molar-refractivity contribution in [3.8, 4) is 0 Å². The fraction of sp³-hybridized carbons (Fsp3) is 0.444. The van der Waals surface area contributed by atoms with Crippen LogP contribution in [0.2, 0.25) is 0 Å². The molecule has 0 aliphatic rings. The van der Waals surface area contributed by atoms with Crippen molar-refractivity contribution in [1.82, 2.24) is 5.32 Å². The number of hydrogen-bond donors (Lipinski definition) is 1. The highest BCUT2D eigenvalue weighted by Crippen LogP contribution is 2.17. The minimum Gasteiger partial charge on any atom is -0.349 e. The van der Waals surface area contributed by atoms with Gasteiger partial charge in [0, 0.05) is 17.2 Å². The molecule has 0 bridgehead atoms. The molecule has 0 fully saturated rings. The van der Waals surface area contributed by atoms with Crippen LogP contribution >= 0.6 is 22.9 Å². The zero-order valence-electron chi connectivity index (χ0n) is 7.42. The second kappa shape index (κ2) is 5.25. The lowest BCUT2D eigenvalue weighted by atomic mass is 10.2. The number of nitrogens with one attached hydrogen (secondary N) is 1. The minimum atomic E-state index is 0.0101. The molecule has 13 heavy (non-hydrogen) atoms. The van der Waals surface area contributed by atoms with Gasteiger partial charge in [-0.25, -0.2) is 0 Å². The van der Waals surface area contributed by atoms with Gasteiger partial charge in [-0.2, -0.15) is 0 Å². The van der Waals surface area contributed by atoms with Crippen molar-refractivity contribution in [2.24, 2.45) is 0 Å². The van der Waals surface area contributed by atoms with E-state index < -0.39 is 0 Å². The molecule has 0 unspecified atom stereocenters. The van der Waals surface area contributed by atoms with E-state index in [1.54, 1.807) is 11.3 Å². The van der Waals surface area contributed by atoms with Crippen LogP contribution in [-0.2, 0) is 4.79 Å². The number of halogens is 1. The Morgan fingerprint density at radius 1 is 1.77 bits per heavy atom. The Morgan fingerprint density at radius 2 is 2.54 bits per heavy atom. The quantitative estimate of drug-likeness (QED) is 0.772. The molecular formula is C9H12ClNOS. The molecule has 72 valence electrons. The van der Waals surface area contributed by atoms with Crippen molar-refractivity contribution in [3.63, 3.8) is 0 Å². The van der Waals surface area contributed by atoms with Gasteiger partial charge in [-0.15, -0.1) is 22.9 Å². The van der Waals surface area contributed by atoms with Gasteiger partial charge in [0.1, 0.15) is 0 Å².